The average molecular weight is 334 g/mol. The van der Waals surface area contributed by atoms with E-state index in [4.69, 9.17) is 0 Å². The zero-order valence-corrected chi connectivity index (χ0v) is 15.6. The topological polar surface area (TPSA) is 57.5 Å². The summed E-state index contributed by atoms with van der Waals surface area (Å²) in [4.78, 5) is 12.5. The van der Waals surface area contributed by atoms with E-state index in [1.165, 1.54) is 0 Å². The van der Waals surface area contributed by atoms with Crippen LogP contribution in [0, 0.1) is 5.92 Å². The van der Waals surface area contributed by atoms with Gasteiger partial charge in [0.2, 0.25) is 0 Å². The van der Waals surface area contributed by atoms with Crippen LogP contribution < -0.4 is 0 Å². The number of unbranched alkanes of at least 4 members (excludes halogenated alkanes) is 3. The minimum atomic E-state index is -0.839. The lowest BCUT2D eigenvalue weighted by Gasteiger charge is -2.38. The maximum absolute atomic E-state index is 12.5. The van der Waals surface area contributed by atoms with Crippen molar-refractivity contribution in [2.24, 2.45) is 5.92 Å². The Hall–Kier alpha value is -1.51. The van der Waals surface area contributed by atoms with Gasteiger partial charge in [-0.25, -0.2) is 0 Å². The van der Waals surface area contributed by atoms with Crippen molar-refractivity contribution in [2.75, 3.05) is 0 Å². The molecule has 3 nitrogen and oxygen atoms in total. The van der Waals surface area contributed by atoms with Crippen molar-refractivity contribution in [3.05, 3.63) is 29.8 Å². The number of carboxylic acids is 1. The highest BCUT2D eigenvalue weighted by Gasteiger charge is 2.45. The molecule has 0 fully saturated rings. The second-order valence-corrected chi connectivity index (χ2v) is 6.91. The lowest BCUT2D eigenvalue weighted by Crippen LogP contribution is -2.43. The van der Waals surface area contributed by atoms with Gasteiger partial charge in [0.05, 0.1) is 5.41 Å². The molecule has 24 heavy (non-hydrogen) atoms. The van der Waals surface area contributed by atoms with Crippen LogP contribution in [-0.4, -0.2) is 16.2 Å². The number of phenols is 1. The molecule has 0 radical (unpaired) electrons. The number of aromatic hydroxyl groups is 1. The summed E-state index contributed by atoms with van der Waals surface area (Å²) < 4.78 is 0. The summed E-state index contributed by atoms with van der Waals surface area (Å²) in [6, 6.07) is 6.86. The molecule has 0 aliphatic rings. The minimum absolute atomic E-state index is 0.144. The van der Waals surface area contributed by atoms with Crippen LogP contribution in [0.25, 0.3) is 0 Å². The van der Waals surface area contributed by atoms with Gasteiger partial charge in [0.25, 0.3) is 0 Å². The third-order valence-corrected chi connectivity index (χ3v) is 5.20. The largest absolute Gasteiger partial charge is 0.508 e. The van der Waals surface area contributed by atoms with Crippen LogP contribution in [0.5, 0.6) is 5.75 Å². The fraction of sp³-hybridized carbons (Fsp3) is 0.667. The Kier molecular flexibility index (Phi) is 8.88. The lowest BCUT2D eigenvalue weighted by molar-refractivity contribution is -0.147. The lowest BCUT2D eigenvalue weighted by atomic mass is 9.64. The normalized spacial score (nSPS) is 13.8. The number of hydrogen-bond acceptors (Lipinski definition) is 2. The predicted molar refractivity (Wildman–Crippen MR) is 99.5 cm³/mol. The number of carboxylic acid groups (broad SMARTS) is 1. The summed E-state index contributed by atoms with van der Waals surface area (Å²) in [6.07, 6.45) is 8.76. The highest BCUT2D eigenvalue weighted by atomic mass is 16.4. The van der Waals surface area contributed by atoms with E-state index in [1.54, 1.807) is 12.1 Å². The van der Waals surface area contributed by atoms with Gasteiger partial charge in [0.15, 0.2) is 0 Å². The average Bonchev–Trinajstić information content (AvgIpc) is 2.57. The molecule has 0 heterocycles. The van der Waals surface area contributed by atoms with Crippen LogP contribution in [0.2, 0.25) is 0 Å². The number of rotatable bonds is 12. The third-order valence-electron chi connectivity index (χ3n) is 5.20. The highest BCUT2D eigenvalue weighted by molar-refractivity contribution is 5.82. The van der Waals surface area contributed by atoms with Gasteiger partial charge in [-0.05, 0) is 42.9 Å². The van der Waals surface area contributed by atoms with Crippen molar-refractivity contribution in [1.82, 2.24) is 0 Å². The second kappa shape index (κ2) is 10.4. The third kappa shape index (κ3) is 4.99. The van der Waals surface area contributed by atoms with Gasteiger partial charge >= 0.3 is 5.97 Å². The Bertz CT molecular complexity index is 472. The Morgan fingerprint density at radius 1 is 0.958 bits per heavy atom. The molecule has 1 unspecified atom stereocenters. The van der Waals surface area contributed by atoms with Crippen LogP contribution in [0.3, 0.4) is 0 Å². The smallest absolute Gasteiger partial charge is 0.314 e. The Morgan fingerprint density at radius 3 is 1.88 bits per heavy atom. The van der Waals surface area contributed by atoms with E-state index in [0.717, 1.165) is 56.9 Å². The van der Waals surface area contributed by atoms with Gasteiger partial charge in [0, 0.05) is 0 Å². The standard InChI is InChI=1S/C21H34O3/c1-4-7-10-17(11-8-5-2)21(20(23)24,16-9-6-3)18-12-14-19(22)15-13-18/h12-15,17,22H,4-11,16H2,1-3H3,(H,23,24). The fourth-order valence-corrected chi connectivity index (χ4v) is 3.74. The number of phenolic OH excluding ortho intramolecular Hbond substituents is 1. The summed E-state index contributed by atoms with van der Waals surface area (Å²) in [7, 11) is 0. The molecule has 3 heteroatoms. The highest BCUT2D eigenvalue weighted by Crippen LogP contribution is 2.43. The van der Waals surface area contributed by atoms with E-state index in [1.807, 2.05) is 12.1 Å². The van der Waals surface area contributed by atoms with Gasteiger partial charge in [-0.3, -0.25) is 4.79 Å². The Morgan fingerprint density at radius 2 is 1.46 bits per heavy atom. The molecular formula is C21H34O3. The van der Waals surface area contributed by atoms with Gasteiger partial charge < -0.3 is 10.2 Å². The molecule has 0 saturated heterocycles. The first-order chi connectivity index (χ1) is 11.5. The number of benzene rings is 1. The number of aliphatic carboxylic acids is 1. The first-order valence-corrected chi connectivity index (χ1v) is 9.55. The van der Waals surface area contributed by atoms with E-state index in [0.29, 0.717) is 6.42 Å². The quantitative estimate of drug-likeness (QED) is 0.500. The molecule has 0 aliphatic heterocycles. The molecule has 1 aromatic carbocycles. The van der Waals surface area contributed by atoms with Crippen molar-refractivity contribution in [1.29, 1.82) is 0 Å². The van der Waals surface area contributed by atoms with Gasteiger partial charge in [-0.15, -0.1) is 0 Å². The molecule has 136 valence electrons. The van der Waals surface area contributed by atoms with E-state index in [9.17, 15) is 15.0 Å². The molecule has 0 bridgehead atoms. The van der Waals surface area contributed by atoms with Crippen LogP contribution in [-0.2, 0) is 10.2 Å². The van der Waals surface area contributed by atoms with E-state index in [-0.39, 0.29) is 11.7 Å². The monoisotopic (exact) mass is 334 g/mol. The maximum Gasteiger partial charge on any atom is 0.314 e. The Balaban J connectivity index is 3.33. The van der Waals surface area contributed by atoms with Crippen molar-refractivity contribution in [3.8, 4) is 5.75 Å². The van der Waals surface area contributed by atoms with Gasteiger partial charge in [-0.2, -0.15) is 0 Å². The summed E-state index contributed by atoms with van der Waals surface area (Å²) in [6.45, 7) is 6.42. The maximum atomic E-state index is 12.5. The van der Waals surface area contributed by atoms with Crippen LogP contribution in [0.4, 0.5) is 0 Å². The van der Waals surface area contributed by atoms with Crippen molar-refractivity contribution in [3.63, 3.8) is 0 Å². The van der Waals surface area contributed by atoms with Gasteiger partial charge in [0.1, 0.15) is 5.75 Å². The molecule has 0 aliphatic carbocycles. The summed E-state index contributed by atoms with van der Waals surface area (Å²) in [5, 5.41) is 19.9. The zero-order valence-electron chi connectivity index (χ0n) is 15.6. The minimum Gasteiger partial charge on any atom is -0.508 e. The number of carbonyl (C=O) groups is 1. The molecule has 1 aromatic rings. The van der Waals surface area contributed by atoms with Crippen LogP contribution in [0.1, 0.15) is 84.1 Å². The van der Waals surface area contributed by atoms with Crippen LogP contribution in [0.15, 0.2) is 24.3 Å². The molecule has 0 amide bonds. The molecule has 2 N–H and O–H groups in total. The first kappa shape index (κ1) is 20.5. The van der Waals surface area contributed by atoms with E-state index >= 15 is 0 Å². The number of hydrogen-bond donors (Lipinski definition) is 2. The molecule has 0 aromatic heterocycles. The molecule has 1 atom stereocenters. The fourth-order valence-electron chi connectivity index (χ4n) is 3.74. The van der Waals surface area contributed by atoms with Crippen molar-refractivity contribution in [2.45, 2.75) is 84.0 Å². The van der Waals surface area contributed by atoms with Crippen molar-refractivity contribution < 1.29 is 15.0 Å². The zero-order chi connectivity index (χ0) is 18.0. The first-order valence-electron chi connectivity index (χ1n) is 9.55. The van der Waals surface area contributed by atoms with E-state index < -0.39 is 11.4 Å². The van der Waals surface area contributed by atoms with E-state index in [2.05, 4.69) is 20.8 Å². The van der Waals surface area contributed by atoms with Crippen LogP contribution >= 0.6 is 0 Å². The van der Waals surface area contributed by atoms with Gasteiger partial charge in [-0.1, -0.05) is 71.4 Å². The SMILES string of the molecule is CCCCC(CCCC)C(CCCC)(C(=O)O)c1ccc(O)cc1. The molecule has 0 saturated carbocycles. The summed E-state index contributed by atoms with van der Waals surface area (Å²) >= 11 is 0. The summed E-state index contributed by atoms with van der Waals surface area (Å²) in [5.41, 5.74) is 0.00656. The molecule has 0 spiro atoms. The second-order valence-electron chi connectivity index (χ2n) is 6.91. The molecular weight excluding hydrogens is 300 g/mol. The predicted octanol–water partition coefficient (Wildman–Crippen LogP) is 5.90. The molecule has 1 rings (SSSR count). The van der Waals surface area contributed by atoms with Crippen molar-refractivity contribution >= 4 is 5.97 Å². The summed E-state index contributed by atoms with van der Waals surface area (Å²) in [5.74, 6) is -0.378. The Labute approximate surface area is 147 Å².